The number of nitrogens with two attached hydrogens (primary N) is 1. The summed E-state index contributed by atoms with van der Waals surface area (Å²) < 4.78 is 37.0. The van der Waals surface area contributed by atoms with Crippen molar-refractivity contribution in [2.75, 3.05) is 17.3 Å². The molecule has 0 spiro atoms. The minimum atomic E-state index is -4.52. The van der Waals surface area contributed by atoms with Gasteiger partial charge in [-0.2, -0.15) is 18.2 Å². The summed E-state index contributed by atoms with van der Waals surface area (Å²) in [6.07, 6.45) is -4.52. The lowest BCUT2D eigenvalue weighted by molar-refractivity contribution is -0.141. The van der Waals surface area contributed by atoms with E-state index in [1.807, 2.05) is 5.43 Å². The lowest BCUT2D eigenvalue weighted by atomic mass is 10.4. The second-order valence-electron chi connectivity index (χ2n) is 2.63. The number of nitrogens with one attached hydrogen (secondary N) is 2. The predicted octanol–water partition coefficient (Wildman–Crippen LogP) is 1.21. The zero-order valence-electron chi connectivity index (χ0n) is 7.89. The number of halogens is 3. The summed E-state index contributed by atoms with van der Waals surface area (Å²) in [4.78, 5) is 6.89. The van der Waals surface area contributed by atoms with E-state index in [0.29, 0.717) is 6.54 Å². The highest BCUT2D eigenvalue weighted by atomic mass is 19.4. The van der Waals surface area contributed by atoms with Crippen molar-refractivity contribution in [2.45, 2.75) is 13.1 Å². The maximum Gasteiger partial charge on any atom is 0.433 e. The van der Waals surface area contributed by atoms with Gasteiger partial charge >= 0.3 is 6.18 Å². The number of nitrogens with zero attached hydrogens (tertiary/aromatic N) is 2. The molecule has 0 radical (unpaired) electrons. The largest absolute Gasteiger partial charge is 0.433 e. The molecule has 1 heterocycles. The summed E-state index contributed by atoms with van der Waals surface area (Å²) in [5, 5.41) is 2.65. The molecule has 4 N–H and O–H groups in total. The molecule has 0 unspecified atom stereocenters. The third-order valence-corrected chi connectivity index (χ3v) is 1.50. The van der Waals surface area contributed by atoms with E-state index in [1.54, 1.807) is 6.92 Å². The van der Waals surface area contributed by atoms with Crippen LogP contribution in [0.3, 0.4) is 0 Å². The summed E-state index contributed by atoms with van der Waals surface area (Å²) in [5.41, 5.74) is 0.936. The molecule has 1 aromatic heterocycles. The van der Waals surface area contributed by atoms with Crippen LogP contribution in [0.2, 0.25) is 0 Å². The van der Waals surface area contributed by atoms with Gasteiger partial charge in [0.15, 0.2) is 5.69 Å². The van der Waals surface area contributed by atoms with Crippen molar-refractivity contribution in [3.8, 4) is 0 Å². The summed E-state index contributed by atoms with van der Waals surface area (Å²) in [5.74, 6) is 4.76. The number of rotatable bonds is 3. The topological polar surface area (TPSA) is 75.9 Å². The second kappa shape index (κ2) is 4.30. The monoisotopic (exact) mass is 221 g/mol. The Morgan fingerprint density at radius 2 is 2.07 bits per heavy atom. The van der Waals surface area contributed by atoms with Crippen LogP contribution in [0.25, 0.3) is 0 Å². The van der Waals surface area contributed by atoms with Crippen LogP contribution in [-0.4, -0.2) is 16.5 Å². The van der Waals surface area contributed by atoms with Crippen molar-refractivity contribution < 1.29 is 13.2 Å². The van der Waals surface area contributed by atoms with Gasteiger partial charge in [-0.15, -0.1) is 0 Å². The summed E-state index contributed by atoms with van der Waals surface area (Å²) >= 11 is 0. The second-order valence-corrected chi connectivity index (χ2v) is 2.63. The Labute approximate surface area is 83.9 Å². The van der Waals surface area contributed by atoms with Gasteiger partial charge in [0.1, 0.15) is 5.82 Å². The predicted molar refractivity (Wildman–Crippen MR) is 49.0 cm³/mol. The molecule has 84 valence electrons. The molecule has 8 heteroatoms. The van der Waals surface area contributed by atoms with E-state index in [-0.39, 0.29) is 11.8 Å². The molecule has 0 atom stereocenters. The maximum atomic E-state index is 12.3. The molecule has 0 aliphatic carbocycles. The normalized spacial score (nSPS) is 11.3. The molecule has 5 nitrogen and oxygen atoms in total. The summed E-state index contributed by atoms with van der Waals surface area (Å²) in [6.45, 7) is 2.20. The van der Waals surface area contributed by atoms with Gasteiger partial charge in [0.25, 0.3) is 0 Å². The fourth-order valence-electron chi connectivity index (χ4n) is 0.929. The van der Waals surface area contributed by atoms with Crippen molar-refractivity contribution in [1.82, 2.24) is 9.97 Å². The van der Waals surface area contributed by atoms with Crippen molar-refractivity contribution >= 4 is 11.8 Å². The summed E-state index contributed by atoms with van der Waals surface area (Å²) in [6, 6.07) is 0.824. The van der Waals surface area contributed by atoms with Gasteiger partial charge in [-0.1, -0.05) is 0 Å². The van der Waals surface area contributed by atoms with Crippen LogP contribution in [0.15, 0.2) is 6.07 Å². The van der Waals surface area contributed by atoms with Crippen LogP contribution >= 0.6 is 0 Å². The van der Waals surface area contributed by atoms with Crippen LogP contribution in [0.4, 0.5) is 24.9 Å². The molecule has 0 amide bonds. The molecule has 0 fully saturated rings. The summed E-state index contributed by atoms with van der Waals surface area (Å²) in [7, 11) is 0. The van der Waals surface area contributed by atoms with Gasteiger partial charge in [0, 0.05) is 12.6 Å². The van der Waals surface area contributed by atoms with Gasteiger partial charge < -0.3 is 5.32 Å². The number of alkyl halides is 3. The van der Waals surface area contributed by atoms with Gasteiger partial charge in [-0.05, 0) is 6.92 Å². The third kappa shape index (κ3) is 2.94. The van der Waals surface area contributed by atoms with Crippen molar-refractivity contribution in [1.29, 1.82) is 0 Å². The van der Waals surface area contributed by atoms with E-state index < -0.39 is 11.9 Å². The molecule has 0 aromatic carbocycles. The highest BCUT2D eigenvalue weighted by molar-refractivity contribution is 5.42. The number of anilines is 2. The molecule has 0 aliphatic rings. The smallest absolute Gasteiger partial charge is 0.370 e. The van der Waals surface area contributed by atoms with Crippen molar-refractivity contribution in [3.63, 3.8) is 0 Å². The fraction of sp³-hybridized carbons (Fsp3) is 0.429. The van der Waals surface area contributed by atoms with E-state index in [1.165, 1.54) is 0 Å². The van der Waals surface area contributed by atoms with Crippen LogP contribution < -0.4 is 16.6 Å². The van der Waals surface area contributed by atoms with E-state index in [0.717, 1.165) is 6.07 Å². The van der Waals surface area contributed by atoms with Crippen LogP contribution in [-0.2, 0) is 6.18 Å². The SMILES string of the molecule is CCNc1cc(C(F)(F)F)nc(NN)n1. The Bertz CT molecular complexity index is 338. The Morgan fingerprint density at radius 3 is 2.53 bits per heavy atom. The minimum Gasteiger partial charge on any atom is -0.370 e. The highest BCUT2D eigenvalue weighted by Gasteiger charge is 2.33. The van der Waals surface area contributed by atoms with Gasteiger partial charge in [-0.25, -0.2) is 10.8 Å². The Hall–Kier alpha value is -1.57. The van der Waals surface area contributed by atoms with Crippen LogP contribution in [0, 0.1) is 0 Å². The third-order valence-electron chi connectivity index (χ3n) is 1.50. The van der Waals surface area contributed by atoms with E-state index in [4.69, 9.17) is 5.84 Å². The molecular formula is C7H10F3N5. The molecule has 0 saturated carbocycles. The zero-order valence-corrected chi connectivity index (χ0v) is 7.89. The molecule has 15 heavy (non-hydrogen) atoms. The number of nitrogen functional groups attached to an aromatic ring is 1. The lowest BCUT2D eigenvalue weighted by Gasteiger charge is -2.10. The number of hydrazine groups is 1. The van der Waals surface area contributed by atoms with E-state index >= 15 is 0 Å². The van der Waals surface area contributed by atoms with Crippen LogP contribution in [0.1, 0.15) is 12.6 Å². The molecule has 1 rings (SSSR count). The average molecular weight is 221 g/mol. The Morgan fingerprint density at radius 1 is 1.40 bits per heavy atom. The first-order valence-electron chi connectivity index (χ1n) is 4.14. The molecule has 0 aliphatic heterocycles. The highest BCUT2D eigenvalue weighted by Crippen LogP contribution is 2.29. The van der Waals surface area contributed by atoms with E-state index in [9.17, 15) is 13.2 Å². The number of aromatic nitrogens is 2. The number of hydrogen-bond donors (Lipinski definition) is 3. The van der Waals surface area contributed by atoms with E-state index in [2.05, 4.69) is 15.3 Å². The zero-order chi connectivity index (χ0) is 11.5. The number of hydrogen-bond acceptors (Lipinski definition) is 5. The maximum absolute atomic E-state index is 12.3. The lowest BCUT2D eigenvalue weighted by Crippen LogP contribution is -2.16. The van der Waals surface area contributed by atoms with Gasteiger partial charge in [-0.3, -0.25) is 5.43 Å². The van der Waals surface area contributed by atoms with Gasteiger partial charge in [0.05, 0.1) is 0 Å². The first kappa shape index (κ1) is 11.5. The van der Waals surface area contributed by atoms with Crippen molar-refractivity contribution in [2.24, 2.45) is 5.84 Å². The minimum absolute atomic E-state index is 0.0766. The van der Waals surface area contributed by atoms with Gasteiger partial charge in [0.2, 0.25) is 5.95 Å². The Balaban J connectivity index is 3.11. The quantitative estimate of drug-likeness (QED) is 0.528. The molecule has 0 saturated heterocycles. The molecular weight excluding hydrogens is 211 g/mol. The molecule has 0 bridgehead atoms. The van der Waals surface area contributed by atoms with Crippen molar-refractivity contribution in [3.05, 3.63) is 11.8 Å². The first-order valence-corrected chi connectivity index (χ1v) is 4.14. The standard InChI is InChI=1S/C7H10F3N5/c1-2-12-5-3-4(7(8,9)10)13-6(14-5)15-11/h3H,2,11H2,1H3,(H2,12,13,14,15). The fourth-order valence-corrected chi connectivity index (χ4v) is 0.929. The molecule has 1 aromatic rings. The Kier molecular flexibility index (Phi) is 3.30. The first-order chi connectivity index (χ1) is 6.97. The van der Waals surface area contributed by atoms with Crippen LogP contribution in [0.5, 0.6) is 0 Å². The average Bonchev–Trinajstić information content (AvgIpc) is 2.16.